The number of hydrogen-bond donors (Lipinski definition) is 6. The number of aliphatic hydroxyl groups is 3. The molecular weight excluding hydrogens is 542 g/mol. The molecule has 218 valence electrons. The highest BCUT2D eigenvalue weighted by molar-refractivity contribution is 6.24. The first-order chi connectivity index (χ1) is 18.5. The molecule has 7 N–H and O–H groups in total. The molecule has 0 heterocycles. The number of hydrogen-bond acceptors (Lipinski definition) is 9. The zero-order valence-corrected chi connectivity index (χ0v) is 21.6. The largest absolute Gasteiger partial charge is 0.510 e. The van der Waals surface area contributed by atoms with Crippen LogP contribution in [0.25, 0.3) is 0 Å². The van der Waals surface area contributed by atoms with Gasteiger partial charge in [0.25, 0.3) is 5.91 Å². The number of carbonyl (C=O) groups excluding carboxylic acids is 3. The first kappa shape index (κ1) is 29.5. The van der Waals surface area contributed by atoms with Crippen LogP contribution in [0.3, 0.4) is 0 Å². The van der Waals surface area contributed by atoms with Gasteiger partial charge in [-0.05, 0) is 63.9 Å². The van der Waals surface area contributed by atoms with Gasteiger partial charge in [-0.3, -0.25) is 19.3 Å². The van der Waals surface area contributed by atoms with Crippen LogP contribution in [0.2, 0.25) is 0 Å². The Morgan fingerprint density at radius 3 is 2.45 bits per heavy atom. The summed E-state index contributed by atoms with van der Waals surface area (Å²) in [5.41, 5.74) is 0.403. The molecule has 0 aliphatic heterocycles. The Hall–Kier alpha value is -3.49. The molecule has 4 rings (SSSR count). The second kappa shape index (κ2) is 10.2. The number of phenols is 1. The Kier molecular flexibility index (Phi) is 7.49. The number of phenolic OH excluding ortho intramolecular Hbond substituents is 1. The number of alkyl halides is 3. The number of nitrogens with two attached hydrogens (primary N) is 1. The zero-order chi connectivity index (χ0) is 29.9. The van der Waals surface area contributed by atoms with Gasteiger partial charge in [0.1, 0.15) is 28.7 Å². The van der Waals surface area contributed by atoms with Crippen LogP contribution in [0.5, 0.6) is 5.75 Å². The third kappa shape index (κ3) is 4.63. The summed E-state index contributed by atoms with van der Waals surface area (Å²) in [5.74, 6) is -9.20. The maximum absolute atomic E-state index is 15.2. The number of carbonyl (C=O) groups is 3. The maximum Gasteiger partial charge on any atom is 0.401 e. The fraction of sp³-hybridized carbons (Fsp3) is 0.500. The predicted molar refractivity (Wildman–Crippen MR) is 131 cm³/mol. The van der Waals surface area contributed by atoms with Crippen molar-refractivity contribution in [3.8, 4) is 5.75 Å². The molecule has 0 spiro atoms. The van der Waals surface area contributed by atoms with Crippen molar-refractivity contribution in [1.29, 1.82) is 0 Å². The fourth-order valence-corrected chi connectivity index (χ4v) is 6.15. The highest BCUT2D eigenvalue weighted by Gasteiger charge is 2.63. The van der Waals surface area contributed by atoms with E-state index in [9.17, 15) is 48.0 Å². The van der Waals surface area contributed by atoms with E-state index in [1.54, 1.807) is 0 Å². The first-order valence-corrected chi connectivity index (χ1v) is 12.5. The van der Waals surface area contributed by atoms with Crippen molar-refractivity contribution in [2.75, 3.05) is 27.2 Å². The second-order valence-corrected chi connectivity index (χ2v) is 10.6. The van der Waals surface area contributed by atoms with E-state index >= 15 is 4.39 Å². The van der Waals surface area contributed by atoms with Gasteiger partial charge in [-0.1, -0.05) is 0 Å². The van der Waals surface area contributed by atoms with Crippen molar-refractivity contribution in [2.45, 2.75) is 43.5 Å². The minimum absolute atomic E-state index is 0.0466. The average molecular weight is 572 g/mol. The topological polar surface area (TPSA) is 173 Å². The van der Waals surface area contributed by atoms with Gasteiger partial charge in [0.05, 0.1) is 18.2 Å². The van der Waals surface area contributed by atoms with Gasteiger partial charge in [-0.15, -0.1) is 0 Å². The lowest BCUT2D eigenvalue weighted by Crippen LogP contribution is -2.63. The summed E-state index contributed by atoms with van der Waals surface area (Å²) in [7, 11) is 2.98. The number of amides is 1. The van der Waals surface area contributed by atoms with Crippen molar-refractivity contribution in [1.82, 2.24) is 10.2 Å². The number of aliphatic hydroxyl groups excluding tert-OH is 2. The summed E-state index contributed by atoms with van der Waals surface area (Å²) in [6, 6.07) is -0.170. The number of halogens is 4. The number of ketones is 2. The van der Waals surface area contributed by atoms with Crippen LogP contribution >= 0.6 is 0 Å². The average Bonchev–Trinajstić information content (AvgIpc) is 2.82. The number of Topliss-reactive ketones (excluding diaryl/α,β-unsaturated/α-hetero) is 2. The molecule has 0 fully saturated rings. The number of allylic oxidation sites excluding steroid dienone is 1. The smallest absolute Gasteiger partial charge is 0.401 e. The molecule has 4 atom stereocenters. The molecule has 0 bridgehead atoms. The van der Waals surface area contributed by atoms with Crippen LogP contribution in [0.4, 0.5) is 17.6 Å². The summed E-state index contributed by atoms with van der Waals surface area (Å²) in [5, 5.41) is 46.6. The molecule has 0 unspecified atom stereocenters. The summed E-state index contributed by atoms with van der Waals surface area (Å²) in [6.45, 7) is -1.33. The lowest BCUT2D eigenvalue weighted by molar-refractivity contribution is -0.148. The van der Waals surface area contributed by atoms with Gasteiger partial charge in [-0.2, -0.15) is 13.2 Å². The summed E-state index contributed by atoms with van der Waals surface area (Å²) in [6.07, 6.45) is -4.81. The molecule has 14 heteroatoms. The first-order valence-electron chi connectivity index (χ1n) is 12.5. The molecule has 3 aliphatic rings. The Balaban J connectivity index is 1.75. The number of likely N-dealkylation sites (N-methyl/N-ethyl adjacent to an activating group) is 1. The molecule has 1 aromatic carbocycles. The van der Waals surface area contributed by atoms with Gasteiger partial charge < -0.3 is 31.5 Å². The van der Waals surface area contributed by atoms with E-state index in [0.29, 0.717) is 0 Å². The molecule has 3 aliphatic carbocycles. The predicted octanol–water partition coefficient (Wildman–Crippen LogP) is 1.34. The van der Waals surface area contributed by atoms with Crippen LogP contribution in [0.1, 0.15) is 34.3 Å². The van der Waals surface area contributed by atoms with E-state index in [-0.39, 0.29) is 43.4 Å². The van der Waals surface area contributed by atoms with Crippen molar-refractivity contribution >= 4 is 17.5 Å². The van der Waals surface area contributed by atoms with Crippen LogP contribution < -0.4 is 11.1 Å². The number of aryl methyl sites for hydroxylation is 1. The third-order valence-electron chi connectivity index (χ3n) is 7.87. The molecule has 1 aromatic rings. The number of aromatic hydroxyl groups is 1. The van der Waals surface area contributed by atoms with Gasteiger partial charge in [-0.25, -0.2) is 4.39 Å². The van der Waals surface area contributed by atoms with Gasteiger partial charge in [0.15, 0.2) is 11.4 Å². The Morgan fingerprint density at radius 1 is 1.23 bits per heavy atom. The van der Waals surface area contributed by atoms with E-state index in [1.165, 1.54) is 19.0 Å². The quantitative estimate of drug-likeness (QED) is 0.160. The normalized spacial score (nSPS) is 26.6. The minimum Gasteiger partial charge on any atom is -0.510 e. The molecule has 10 nitrogen and oxygen atoms in total. The van der Waals surface area contributed by atoms with Crippen molar-refractivity contribution < 1.29 is 52.4 Å². The van der Waals surface area contributed by atoms with Crippen LogP contribution in [0, 0.1) is 17.7 Å². The van der Waals surface area contributed by atoms with Gasteiger partial charge in [0.2, 0.25) is 5.78 Å². The van der Waals surface area contributed by atoms with E-state index in [0.717, 1.165) is 6.07 Å². The Bertz CT molecular complexity index is 1350. The monoisotopic (exact) mass is 571 g/mol. The highest BCUT2D eigenvalue weighted by Crippen LogP contribution is 2.52. The van der Waals surface area contributed by atoms with E-state index in [4.69, 9.17) is 5.73 Å². The minimum atomic E-state index is -4.42. The number of primary amides is 1. The third-order valence-corrected chi connectivity index (χ3v) is 7.87. The highest BCUT2D eigenvalue weighted by atomic mass is 19.4. The zero-order valence-electron chi connectivity index (χ0n) is 21.6. The number of benzene rings is 1. The summed E-state index contributed by atoms with van der Waals surface area (Å²) in [4.78, 5) is 40.3. The Morgan fingerprint density at radius 2 is 1.88 bits per heavy atom. The van der Waals surface area contributed by atoms with Crippen molar-refractivity contribution in [3.63, 3.8) is 0 Å². The van der Waals surface area contributed by atoms with Gasteiger partial charge in [0, 0.05) is 17.1 Å². The second-order valence-electron chi connectivity index (χ2n) is 10.6. The molecule has 1 amide bonds. The molecule has 0 saturated heterocycles. The number of rotatable bonds is 7. The van der Waals surface area contributed by atoms with E-state index in [2.05, 4.69) is 5.32 Å². The SMILES string of the molecule is CN(C)[C@@H]1C(O)=C(C(N)=O)C(=O)[C@@]2(O)C(O)=C3C(=O)c4c(O)c(CCCNCC(F)(F)F)cc(F)c4C[C@H]3C[C@@H]12. The molecule has 0 saturated carbocycles. The molecule has 0 radical (unpaired) electrons. The summed E-state index contributed by atoms with van der Waals surface area (Å²) < 4.78 is 52.2. The van der Waals surface area contributed by atoms with E-state index in [1.807, 2.05) is 0 Å². The number of fused-ring (bicyclic) bond motifs is 3. The van der Waals surface area contributed by atoms with Crippen molar-refractivity contribution in [2.24, 2.45) is 17.6 Å². The van der Waals surface area contributed by atoms with Crippen molar-refractivity contribution in [3.05, 3.63) is 51.2 Å². The number of nitrogens with one attached hydrogen (secondary N) is 1. The lowest BCUT2D eigenvalue weighted by Gasteiger charge is -2.50. The molecule has 40 heavy (non-hydrogen) atoms. The lowest BCUT2D eigenvalue weighted by atomic mass is 9.58. The van der Waals surface area contributed by atoms with Crippen LogP contribution in [-0.2, 0) is 22.4 Å². The number of nitrogens with zero attached hydrogens (tertiary/aromatic N) is 1. The van der Waals surface area contributed by atoms with E-state index < -0.39 is 93.5 Å². The van der Waals surface area contributed by atoms with Crippen LogP contribution in [-0.4, -0.2) is 87.8 Å². The molecule has 0 aromatic heterocycles. The fourth-order valence-electron chi connectivity index (χ4n) is 6.15. The Labute approximate surface area is 225 Å². The standard InChI is InChI=1S/C26H29F4N3O7/c1-33(2)18-13-7-11-6-12-14(27)8-10(4-3-5-32-9-25(28,29)30)19(34)16(12)20(35)15(11)22(37)26(13,40)23(38)17(21(18)36)24(31)39/h8,11,13,18,32,34,36-37,40H,3-7,9H2,1-2H3,(H2,31,39)/t11-,13-,18-,26-/m0/s1. The van der Waals surface area contributed by atoms with Crippen LogP contribution in [0.15, 0.2) is 28.7 Å². The molecular formula is C26H29F4N3O7. The van der Waals surface area contributed by atoms with Gasteiger partial charge >= 0.3 is 6.18 Å². The summed E-state index contributed by atoms with van der Waals surface area (Å²) >= 11 is 0. The maximum atomic E-state index is 15.2.